The van der Waals surface area contributed by atoms with E-state index >= 15 is 0 Å². The van der Waals surface area contributed by atoms with Gasteiger partial charge < -0.3 is 4.98 Å². The van der Waals surface area contributed by atoms with Crippen molar-refractivity contribution in [1.29, 1.82) is 0 Å². The zero-order valence-electron chi connectivity index (χ0n) is 10.4. The molecule has 2 aromatic heterocycles. The van der Waals surface area contributed by atoms with Crippen LogP contribution in [0.1, 0.15) is 26.6 Å². The van der Waals surface area contributed by atoms with Crippen LogP contribution in [0.5, 0.6) is 0 Å². The standard InChI is InChI=1S/C11H16N4O2/c1-6-12-7-8(13-6)14-10(17)15(9(7)16)5-11(2,3)4/h5H2,1-4H3,(H,12,13)(H,14,17). The van der Waals surface area contributed by atoms with Gasteiger partial charge in [0, 0.05) is 6.54 Å². The SMILES string of the molecule is Cc1nc2[nH]c(=O)n(CC(C)(C)C)c(=O)c2[nH]1. The smallest absolute Gasteiger partial charge is 0.330 e. The van der Waals surface area contributed by atoms with Gasteiger partial charge in [-0.1, -0.05) is 20.8 Å². The number of aromatic nitrogens is 4. The predicted octanol–water partition coefficient (Wildman–Crippen LogP) is 0.767. The molecule has 92 valence electrons. The first kappa shape index (κ1) is 11.6. The number of fused-ring (bicyclic) bond motifs is 1. The van der Waals surface area contributed by atoms with Gasteiger partial charge >= 0.3 is 5.69 Å². The van der Waals surface area contributed by atoms with Gasteiger partial charge in [-0.05, 0) is 12.3 Å². The molecule has 0 radical (unpaired) electrons. The third kappa shape index (κ3) is 2.15. The lowest BCUT2D eigenvalue weighted by atomic mass is 9.97. The summed E-state index contributed by atoms with van der Waals surface area (Å²) in [4.78, 5) is 33.4. The molecule has 2 rings (SSSR count). The van der Waals surface area contributed by atoms with E-state index in [9.17, 15) is 9.59 Å². The van der Waals surface area contributed by atoms with Crippen molar-refractivity contribution in [2.75, 3.05) is 0 Å². The van der Waals surface area contributed by atoms with Crippen LogP contribution in [0.4, 0.5) is 0 Å². The van der Waals surface area contributed by atoms with Crippen LogP contribution >= 0.6 is 0 Å². The second-order valence-corrected chi connectivity index (χ2v) is 5.43. The quantitative estimate of drug-likeness (QED) is 0.767. The number of imidazole rings is 1. The summed E-state index contributed by atoms with van der Waals surface area (Å²) in [6.07, 6.45) is 0. The first-order valence-electron chi connectivity index (χ1n) is 5.47. The van der Waals surface area contributed by atoms with Gasteiger partial charge in [-0.25, -0.2) is 9.78 Å². The van der Waals surface area contributed by atoms with Crippen molar-refractivity contribution in [3.63, 3.8) is 0 Å². The second-order valence-electron chi connectivity index (χ2n) is 5.43. The van der Waals surface area contributed by atoms with E-state index in [1.807, 2.05) is 20.8 Å². The van der Waals surface area contributed by atoms with E-state index in [4.69, 9.17) is 0 Å². The van der Waals surface area contributed by atoms with E-state index in [0.717, 1.165) is 0 Å². The number of hydrogen-bond acceptors (Lipinski definition) is 3. The second kappa shape index (κ2) is 3.58. The molecule has 2 aromatic rings. The third-order valence-corrected chi connectivity index (χ3v) is 2.38. The Morgan fingerprint density at radius 2 is 1.88 bits per heavy atom. The van der Waals surface area contributed by atoms with Crippen LogP contribution in [0, 0.1) is 12.3 Å². The van der Waals surface area contributed by atoms with E-state index in [0.29, 0.717) is 23.5 Å². The topological polar surface area (TPSA) is 83.5 Å². The molecule has 0 fully saturated rings. The van der Waals surface area contributed by atoms with E-state index in [-0.39, 0.29) is 11.0 Å². The Kier molecular flexibility index (Phi) is 2.45. The molecule has 2 N–H and O–H groups in total. The summed E-state index contributed by atoms with van der Waals surface area (Å²) in [6.45, 7) is 8.03. The van der Waals surface area contributed by atoms with E-state index in [1.165, 1.54) is 4.57 Å². The fourth-order valence-electron chi connectivity index (χ4n) is 1.75. The van der Waals surface area contributed by atoms with Gasteiger partial charge in [0.15, 0.2) is 5.65 Å². The van der Waals surface area contributed by atoms with Gasteiger partial charge in [-0.2, -0.15) is 0 Å². The van der Waals surface area contributed by atoms with Crippen molar-refractivity contribution in [1.82, 2.24) is 19.5 Å². The molecule has 0 bridgehead atoms. The van der Waals surface area contributed by atoms with Crippen LogP contribution < -0.4 is 11.2 Å². The van der Waals surface area contributed by atoms with Crippen molar-refractivity contribution < 1.29 is 0 Å². The lowest BCUT2D eigenvalue weighted by Gasteiger charge is -2.18. The number of H-pyrrole nitrogens is 2. The van der Waals surface area contributed by atoms with Gasteiger partial charge in [-0.3, -0.25) is 14.3 Å². The van der Waals surface area contributed by atoms with E-state index in [1.54, 1.807) is 6.92 Å². The maximum atomic E-state index is 12.1. The zero-order valence-corrected chi connectivity index (χ0v) is 10.4. The minimum Gasteiger partial charge on any atom is -0.336 e. The molecule has 0 aromatic carbocycles. The first-order valence-corrected chi connectivity index (χ1v) is 5.47. The molecule has 0 aliphatic rings. The fourth-order valence-corrected chi connectivity index (χ4v) is 1.75. The van der Waals surface area contributed by atoms with Crippen LogP contribution in [0.15, 0.2) is 9.59 Å². The Bertz CT molecular complexity index is 669. The first-order chi connectivity index (χ1) is 7.78. The maximum absolute atomic E-state index is 12.1. The lowest BCUT2D eigenvalue weighted by Crippen LogP contribution is -2.38. The summed E-state index contributed by atoms with van der Waals surface area (Å²) >= 11 is 0. The summed E-state index contributed by atoms with van der Waals surface area (Å²) in [5.74, 6) is 0.612. The number of hydrogen-bond donors (Lipinski definition) is 2. The molecule has 0 atom stereocenters. The molecule has 17 heavy (non-hydrogen) atoms. The molecule has 6 heteroatoms. The van der Waals surface area contributed by atoms with Gasteiger partial charge in [0.1, 0.15) is 11.3 Å². The van der Waals surface area contributed by atoms with Gasteiger partial charge in [0.25, 0.3) is 5.56 Å². The number of nitrogens with one attached hydrogen (secondary N) is 2. The van der Waals surface area contributed by atoms with E-state index < -0.39 is 5.69 Å². The Labute approximate surface area is 97.7 Å². The van der Waals surface area contributed by atoms with Crippen molar-refractivity contribution in [3.8, 4) is 0 Å². The highest BCUT2D eigenvalue weighted by molar-refractivity contribution is 5.68. The predicted molar refractivity (Wildman–Crippen MR) is 65.2 cm³/mol. The van der Waals surface area contributed by atoms with Gasteiger partial charge in [-0.15, -0.1) is 0 Å². The normalized spacial score (nSPS) is 12.2. The molecule has 0 aliphatic heterocycles. The van der Waals surface area contributed by atoms with Crippen molar-refractivity contribution in [2.24, 2.45) is 5.41 Å². The molecule has 2 heterocycles. The zero-order chi connectivity index (χ0) is 12.8. The number of aromatic amines is 2. The monoisotopic (exact) mass is 236 g/mol. The van der Waals surface area contributed by atoms with Crippen molar-refractivity contribution >= 4 is 11.2 Å². The number of rotatable bonds is 1. The number of aryl methyl sites for hydroxylation is 1. The minimum atomic E-state index is -0.413. The Morgan fingerprint density at radius 3 is 2.47 bits per heavy atom. The fraction of sp³-hybridized carbons (Fsp3) is 0.545. The third-order valence-electron chi connectivity index (χ3n) is 2.38. The highest BCUT2D eigenvalue weighted by Gasteiger charge is 2.17. The molecule has 0 spiro atoms. The highest BCUT2D eigenvalue weighted by atomic mass is 16.2. The summed E-state index contributed by atoms with van der Waals surface area (Å²) in [5, 5.41) is 0. The van der Waals surface area contributed by atoms with Crippen LogP contribution in [0.3, 0.4) is 0 Å². The molecule has 0 unspecified atom stereocenters. The Hall–Kier alpha value is -1.85. The van der Waals surface area contributed by atoms with Gasteiger partial charge in [0.05, 0.1) is 0 Å². The molecular weight excluding hydrogens is 220 g/mol. The summed E-state index contributed by atoms with van der Waals surface area (Å²) in [7, 11) is 0. The van der Waals surface area contributed by atoms with Crippen molar-refractivity contribution in [2.45, 2.75) is 34.2 Å². The average Bonchev–Trinajstić information content (AvgIpc) is 2.52. The maximum Gasteiger partial charge on any atom is 0.330 e. The molecule has 0 saturated heterocycles. The molecular formula is C11H16N4O2. The number of nitrogens with zero attached hydrogens (tertiary/aromatic N) is 2. The lowest BCUT2D eigenvalue weighted by molar-refractivity contribution is 0.332. The molecule has 6 nitrogen and oxygen atoms in total. The van der Waals surface area contributed by atoms with Crippen molar-refractivity contribution in [3.05, 3.63) is 26.7 Å². The summed E-state index contributed by atoms with van der Waals surface area (Å²) in [6, 6.07) is 0. The average molecular weight is 236 g/mol. The summed E-state index contributed by atoms with van der Waals surface area (Å²) in [5.41, 5.74) is -0.197. The molecule has 0 amide bonds. The Balaban J connectivity index is 2.72. The van der Waals surface area contributed by atoms with Crippen LogP contribution in [-0.4, -0.2) is 19.5 Å². The molecule has 0 aliphatic carbocycles. The summed E-state index contributed by atoms with van der Waals surface area (Å²) < 4.78 is 1.21. The highest BCUT2D eigenvalue weighted by Crippen LogP contribution is 2.14. The van der Waals surface area contributed by atoms with Crippen LogP contribution in [0.2, 0.25) is 0 Å². The Morgan fingerprint density at radius 1 is 1.24 bits per heavy atom. The molecule has 0 saturated carbocycles. The van der Waals surface area contributed by atoms with Gasteiger partial charge in [0.2, 0.25) is 0 Å². The minimum absolute atomic E-state index is 0.139. The van der Waals surface area contributed by atoms with Crippen LogP contribution in [0.25, 0.3) is 11.2 Å². The van der Waals surface area contributed by atoms with E-state index in [2.05, 4.69) is 15.0 Å². The largest absolute Gasteiger partial charge is 0.336 e. The van der Waals surface area contributed by atoms with Crippen LogP contribution in [-0.2, 0) is 6.54 Å².